The molecule has 0 spiro atoms. The first-order valence-corrected chi connectivity index (χ1v) is 7.35. The molecular formula is C14H25N5O. The van der Waals surface area contributed by atoms with Crippen LogP contribution in [-0.2, 0) is 4.74 Å². The summed E-state index contributed by atoms with van der Waals surface area (Å²) in [5.41, 5.74) is 8.39. The van der Waals surface area contributed by atoms with Crippen LogP contribution < -0.4 is 5.32 Å². The van der Waals surface area contributed by atoms with Crippen LogP contribution in [0.3, 0.4) is 0 Å². The molecule has 1 rings (SSSR count). The van der Waals surface area contributed by atoms with E-state index in [1.54, 1.807) is 0 Å². The molecule has 1 saturated heterocycles. The molecule has 0 aromatic carbocycles. The SMILES string of the molecule is C#CCCNCCCOCCN1CCC(N=[N+]=[N-])CC1. The van der Waals surface area contributed by atoms with Crippen molar-refractivity contribution >= 4 is 0 Å². The topological polar surface area (TPSA) is 73.3 Å². The summed E-state index contributed by atoms with van der Waals surface area (Å²) in [5, 5.41) is 7.04. The zero-order valence-electron chi connectivity index (χ0n) is 12.1. The van der Waals surface area contributed by atoms with E-state index in [0.29, 0.717) is 0 Å². The summed E-state index contributed by atoms with van der Waals surface area (Å²) in [5.74, 6) is 2.60. The predicted molar refractivity (Wildman–Crippen MR) is 80.4 cm³/mol. The zero-order chi connectivity index (χ0) is 14.5. The van der Waals surface area contributed by atoms with Crippen molar-refractivity contribution in [1.29, 1.82) is 0 Å². The molecule has 1 aliphatic rings. The molecule has 1 aliphatic heterocycles. The number of nitrogens with one attached hydrogen (secondary N) is 1. The van der Waals surface area contributed by atoms with Crippen LogP contribution in [0.4, 0.5) is 0 Å². The maximum atomic E-state index is 8.39. The molecule has 6 heteroatoms. The van der Waals surface area contributed by atoms with Gasteiger partial charge in [-0.15, -0.1) is 12.3 Å². The zero-order valence-corrected chi connectivity index (χ0v) is 12.1. The average Bonchev–Trinajstić information content (AvgIpc) is 2.47. The van der Waals surface area contributed by atoms with Crippen molar-refractivity contribution in [2.75, 3.05) is 45.9 Å². The van der Waals surface area contributed by atoms with Crippen molar-refractivity contribution in [1.82, 2.24) is 10.2 Å². The third-order valence-corrected chi connectivity index (χ3v) is 3.41. The van der Waals surface area contributed by atoms with E-state index in [1.807, 2.05) is 0 Å². The van der Waals surface area contributed by atoms with Gasteiger partial charge in [-0.25, -0.2) is 0 Å². The molecule has 0 aliphatic carbocycles. The van der Waals surface area contributed by atoms with E-state index >= 15 is 0 Å². The van der Waals surface area contributed by atoms with Crippen LogP contribution >= 0.6 is 0 Å². The highest BCUT2D eigenvalue weighted by Crippen LogP contribution is 2.13. The molecule has 0 aromatic heterocycles. The van der Waals surface area contributed by atoms with Crippen molar-refractivity contribution < 1.29 is 4.74 Å². The summed E-state index contributed by atoms with van der Waals surface area (Å²) >= 11 is 0. The number of piperidine rings is 1. The van der Waals surface area contributed by atoms with Crippen LogP contribution in [0.25, 0.3) is 10.4 Å². The molecule has 0 aromatic rings. The molecule has 20 heavy (non-hydrogen) atoms. The first-order valence-electron chi connectivity index (χ1n) is 7.35. The van der Waals surface area contributed by atoms with Crippen LogP contribution in [0, 0.1) is 12.3 Å². The summed E-state index contributed by atoms with van der Waals surface area (Å²) < 4.78 is 5.61. The van der Waals surface area contributed by atoms with Crippen LogP contribution in [-0.4, -0.2) is 56.9 Å². The highest BCUT2D eigenvalue weighted by atomic mass is 16.5. The minimum Gasteiger partial charge on any atom is -0.380 e. The largest absolute Gasteiger partial charge is 0.380 e. The van der Waals surface area contributed by atoms with Crippen molar-refractivity contribution in [3.63, 3.8) is 0 Å². The molecule has 1 N–H and O–H groups in total. The number of likely N-dealkylation sites (tertiary alicyclic amines) is 1. The average molecular weight is 279 g/mol. The number of hydrogen-bond acceptors (Lipinski definition) is 4. The molecule has 1 fully saturated rings. The molecule has 0 radical (unpaired) electrons. The Morgan fingerprint density at radius 2 is 2.15 bits per heavy atom. The van der Waals surface area contributed by atoms with E-state index < -0.39 is 0 Å². The number of hydrogen-bond donors (Lipinski definition) is 1. The lowest BCUT2D eigenvalue weighted by Crippen LogP contribution is -2.37. The van der Waals surface area contributed by atoms with E-state index in [0.717, 1.165) is 71.6 Å². The van der Waals surface area contributed by atoms with Crippen LogP contribution in [0.1, 0.15) is 25.7 Å². The fourth-order valence-electron chi connectivity index (χ4n) is 2.21. The molecule has 112 valence electrons. The van der Waals surface area contributed by atoms with Crippen molar-refractivity contribution in [3.05, 3.63) is 10.4 Å². The second kappa shape index (κ2) is 11.6. The molecule has 6 nitrogen and oxygen atoms in total. The smallest absolute Gasteiger partial charge is 0.0593 e. The highest BCUT2D eigenvalue weighted by molar-refractivity contribution is 4.83. The Morgan fingerprint density at radius 1 is 1.35 bits per heavy atom. The minimum absolute atomic E-state index is 0.186. The van der Waals surface area contributed by atoms with Gasteiger partial charge in [-0.2, -0.15) is 0 Å². The van der Waals surface area contributed by atoms with Gasteiger partial charge in [0.05, 0.1) is 6.61 Å². The maximum Gasteiger partial charge on any atom is 0.0593 e. The molecule has 0 bridgehead atoms. The van der Waals surface area contributed by atoms with Crippen molar-refractivity contribution in [2.24, 2.45) is 5.11 Å². The number of rotatable bonds is 10. The minimum atomic E-state index is 0.186. The van der Waals surface area contributed by atoms with Crippen LogP contribution in [0.5, 0.6) is 0 Å². The van der Waals surface area contributed by atoms with Gasteiger partial charge in [0.15, 0.2) is 0 Å². The molecule has 0 saturated carbocycles. The van der Waals surface area contributed by atoms with E-state index in [2.05, 4.69) is 26.2 Å². The Labute approximate surface area is 121 Å². The van der Waals surface area contributed by atoms with Gasteiger partial charge in [0.25, 0.3) is 0 Å². The molecule has 0 atom stereocenters. The van der Waals surface area contributed by atoms with E-state index in [1.165, 1.54) is 0 Å². The lowest BCUT2D eigenvalue weighted by molar-refractivity contribution is 0.0927. The van der Waals surface area contributed by atoms with Gasteiger partial charge in [0, 0.05) is 37.1 Å². The molecule has 0 unspecified atom stereocenters. The van der Waals surface area contributed by atoms with Gasteiger partial charge < -0.3 is 15.0 Å². The van der Waals surface area contributed by atoms with Gasteiger partial charge in [0.1, 0.15) is 0 Å². The molecule has 1 heterocycles. The summed E-state index contributed by atoms with van der Waals surface area (Å²) in [4.78, 5) is 5.24. The van der Waals surface area contributed by atoms with Gasteiger partial charge in [-0.1, -0.05) is 5.11 Å². The van der Waals surface area contributed by atoms with Gasteiger partial charge in [-0.05, 0) is 44.4 Å². The standard InChI is InChI=1S/C14H25N5O/c1-2-3-7-16-8-4-12-20-13-11-19-9-5-14(6-10-19)17-18-15/h1,14,16H,3-13H2. The number of azide groups is 1. The summed E-state index contributed by atoms with van der Waals surface area (Å²) in [7, 11) is 0. The van der Waals surface area contributed by atoms with Crippen molar-refractivity contribution in [3.8, 4) is 12.3 Å². The first-order chi connectivity index (χ1) is 9.86. The van der Waals surface area contributed by atoms with E-state index in [-0.39, 0.29) is 6.04 Å². The maximum absolute atomic E-state index is 8.39. The number of terminal acetylenes is 1. The van der Waals surface area contributed by atoms with Gasteiger partial charge >= 0.3 is 0 Å². The Morgan fingerprint density at radius 3 is 2.85 bits per heavy atom. The van der Waals surface area contributed by atoms with Gasteiger partial charge in [0.2, 0.25) is 0 Å². The van der Waals surface area contributed by atoms with Crippen molar-refractivity contribution in [2.45, 2.75) is 31.7 Å². The monoisotopic (exact) mass is 279 g/mol. The number of nitrogens with zero attached hydrogens (tertiary/aromatic N) is 4. The fraction of sp³-hybridized carbons (Fsp3) is 0.857. The lowest BCUT2D eigenvalue weighted by Gasteiger charge is -2.29. The lowest BCUT2D eigenvalue weighted by atomic mass is 10.1. The third-order valence-electron chi connectivity index (χ3n) is 3.41. The summed E-state index contributed by atoms with van der Waals surface area (Å²) in [6.07, 6.45) is 8.89. The van der Waals surface area contributed by atoms with E-state index in [4.69, 9.17) is 16.7 Å². The van der Waals surface area contributed by atoms with Crippen LogP contribution in [0.15, 0.2) is 5.11 Å². The summed E-state index contributed by atoms with van der Waals surface area (Å²) in [6, 6.07) is 0.186. The Balaban J connectivity index is 1.88. The highest BCUT2D eigenvalue weighted by Gasteiger charge is 2.17. The third kappa shape index (κ3) is 8.03. The second-order valence-electron chi connectivity index (χ2n) is 4.95. The molecule has 0 amide bonds. The van der Waals surface area contributed by atoms with Crippen LogP contribution in [0.2, 0.25) is 0 Å². The Bertz CT molecular complexity index is 327. The first kappa shape index (κ1) is 16.8. The quantitative estimate of drug-likeness (QED) is 0.218. The second-order valence-corrected chi connectivity index (χ2v) is 4.95. The normalized spacial score (nSPS) is 16.6. The van der Waals surface area contributed by atoms with Gasteiger partial charge in [-0.3, -0.25) is 0 Å². The number of ether oxygens (including phenoxy) is 1. The predicted octanol–water partition coefficient (Wildman–Crippen LogP) is 1.78. The Hall–Kier alpha value is -1.25. The fourth-order valence-corrected chi connectivity index (χ4v) is 2.21. The Kier molecular flexibility index (Phi) is 9.72. The molecular weight excluding hydrogens is 254 g/mol. The summed E-state index contributed by atoms with van der Waals surface area (Å²) in [6.45, 7) is 6.37. The van der Waals surface area contributed by atoms with E-state index in [9.17, 15) is 0 Å².